The van der Waals surface area contributed by atoms with E-state index in [-0.39, 0.29) is 4.90 Å². The summed E-state index contributed by atoms with van der Waals surface area (Å²) >= 11 is 6.11. The fourth-order valence-corrected chi connectivity index (χ4v) is 5.98. The molecule has 0 N–H and O–H groups in total. The predicted octanol–water partition coefficient (Wildman–Crippen LogP) is 3.38. The first-order chi connectivity index (χ1) is 12.6. The molecule has 2 aliphatic rings. The van der Waals surface area contributed by atoms with E-state index >= 15 is 0 Å². The second-order valence-electron chi connectivity index (χ2n) is 7.09. The van der Waals surface area contributed by atoms with Crippen molar-refractivity contribution in [2.45, 2.75) is 35.1 Å². The predicted molar refractivity (Wildman–Crippen MR) is 98.0 cm³/mol. The zero-order valence-corrected chi connectivity index (χ0v) is 16.2. The number of piperidine rings is 1. The Morgan fingerprint density at radius 3 is 2.56 bits per heavy atom. The number of benzene rings is 2. The van der Waals surface area contributed by atoms with Crippen LogP contribution in [-0.4, -0.2) is 37.2 Å². The molecule has 1 fully saturated rings. The van der Waals surface area contributed by atoms with Crippen molar-refractivity contribution in [3.05, 3.63) is 58.9 Å². The summed E-state index contributed by atoms with van der Waals surface area (Å²) in [7, 11) is -2.52. The maximum Gasteiger partial charge on any atom is 0.244 e. The summed E-state index contributed by atoms with van der Waals surface area (Å²) in [4.78, 5) is 14.3. The Balaban J connectivity index is 1.90. The summed E-state index contributed by atoms with van der Waals surface area (Å²) < 4.78 is 45.9. The van der Waals surface area contributed by atoms with Crippen LogP contribution in [0.1, 0.15) is 24.8 Å². The number of rotatable bonds is 2. The van der Waals surface area contributed by atoms with Crippen LogP contribution in [0, 0.1) is 5.82 Å². The molecule has 1 amide bonds. The fourth-order valence-electron chi connectivity index (χ4n) is 3.89. The van der Waals surface area contributed by atoms with Gasteiger partial charge in [0.25, 0.3) is 0 Å². The summed E-state index contributed by atoms with van der Waals surface area (Å²) in [6, 6.07) is 9.51. The molecule has 5 nitrogen and oxygen atoms in total. The van der Waals surface area contributed by atoms with E-state index in [0.29, 0.717) is 22.8 Å². The molecule has 2 heterocycles. The molecule has 0 radical (unpaired) electrons. The number of sulfone groups is 1. The van der Waals surface area contributed by atoms with Crippen LogP contribution in [0.2, 0.25) is 5.02 Å². The topological polar surface area (TPSA) is 63.7 Å². The van der Waals surface area contributed by atoms with Crippen molar-refractivity contribution in [2.24, 2.45) is 0 Å². The number of hydrogen-bond acceptors (Lipinski definition) is 4. The highest BCUT2D eigenvalue weighted by Crippen LogP contribution is 2.50. The maximum atomic E-state index is 13.3. The van der Waals surface area contributed by atoms with E-state index in [4.69, 9.17) is 16.3 Å². The molecule has 3 atom stereocenters. The Bertz CT molecular complexity index is 1040. The van der Waals surface area contributed by atoms with Crippen molar-refractivity contribution < 1.29 is 22.3 Å². The summed E-state index contributed by atoms with van der Waals surface area (Å²) in [5, 5.41) is -0.896. The van der Waals surface area contributed by atoms with Gasteiger partial charge in [-0.3, -0.25) is 4.79 Å². The second kappa shape index (κ2) is 5.94. The van der Waals surface area contributed by atoms with Crippen LogP contribution in [0.3, 0.4) is 0 Å². The molecule has 142 valence electrons. The van der Waals surface area contributed by atoms with Gasteiger partial charge < -0.3 is 9.64 Å². The van der Waals surface area contributed by atoms with Gasteiger partial charge in [-0.1, -0.05) is 11.6 Å². The molecular weight excluding hydrogens is 393 g/mol. The zero-order chi connectivity index (χ0) is 19.6. The van der Waals surface area contributed by atoms with Crippen LogP contribution < -0.4 is 4.74 Å². The number of hydrogen-bond donors (Lipinski definition) is 0. The van der Waals surface area contributed by atoms with E-state index in [1.54, 1.807) is 25.1 Å². The average Bonchev–Trinajstić information content (AvgIpc) is 2.61. The first-order valence-corrected chi connectivity index (χ1v) is 10.3. The quantitative estimate of drug-likeness (QED) is 0.713. The minimum absolute atomic E-state index is 0.0886. The lowest BCUT2D eigenvalue weighted by molar-refractivity contribution is -0.159. The van der Waals surface area contributed by atoms with Gasteiger partial charge in [-0.15, -0.1) is 0 Å². The summed E-state index contributed by atoms with van der Waals surface area (Å²) in [5.41, 5.74) is -0.352. The number of carbonyl (C=O) groups is 1. The van der Waals surface area contributed by atoms with E-state index in [2.05, 4.69) is 0 Å². The van der Waals surface area contributed by atoms with Crippen LogP contribution in [0.5, 0.6) is 5.75 Å². The lowest BCUT2D eigenvalue weighted by atomic mass is 9.80. The van der Waals surface area contributed by atoms with Crippen molar-refractivity contribution in [1.29, 1.82) is 0 Å². The molecule has 8 heteroatoms. The lowest BCUT2D eigenvalue weighted by Crippen LogP contribution is -2.64. The van der Waals surface area contributed by atoms with Gasteiger partial charge in [0.15, 0.2) is 20.8 Å². The van der Waals surface area contributed by atoms with Gasteiger partial charge >= 0.3 is 0 Å². The number of carbonyl (C=O) groups excluding carboxylic acids is 1. The van der Waals surface area contributed by atoms with E-state index in [1.165, 1.54) is 24.1 Å². The average molecular weight is 410 g/mol. The second-order valence-corrected chi connectivity index (χ2v) is 9.59. The standard InChI is InChI=1S/C19H17ClFNO4S/c1-19-10-15(14-9-11(20)3-8-16(14)26-19)17(18(23)22(19)2)27(24,25)13-6-4-12(21)5-7-13/h3-9,15,17H,10H2,1-2H3/t15-,17-,19+/m0/s1. The van der Waals surface area contributed by atoms with Crippen molar-refractivity contribution in [1.82, 2.24) is 4.90 Å². The first-order valence-electron chi connectivity index (χ1n) is 8.39. The minimum atomic E-state index is -4.05. The van der Waals surface area contributed by atoms with E-state index in [9.17, 15) is 17.6 Å². The number of ether oxygens (including phenoxy) is 1. The molecular formula is C19H17ClFNO4S. The highest BCUT2D eigenvalue weighted by atomic mass is 35.5. The van der Waals surface area contributed by atoms with E-state index in [0.717, 1.165) is 12.1 Å². The van der Waals surface area contributed by atoms with Crippen LogP contribution in [0.4, 0.5) is 4.39 Å². The summed E-state index contributed by atoms with van der Waals surface area (Å²) in [6.45, 7) is 1.76. The lowest BCUT2D eigenvalue weighted by Gasteiger charge is -2.51. The normalized spacial score (nSPS) is 27.1. The Labute approximate surface area is 161 Å². The molecule has 0 aromatic heterocycles. The van der Waals surface area contributed by atoms with Gasteiger partial charge in [-0.2, -0.15) is 0 Å². The van der Waals surface area contributed by atoms with Gasteiger partial charge in [-0.25, -0.2) is 12.8 Å². The third-order valence-corrected chi connectivity index (χ3v) is 7.79. The van der Waals surface area contributed by atoms with Gasteiger partial charge in [-0.05, 0) is 49.4 Å². The van der Waals surface area contributed by atoms with Crippen LogP contribution >= 0.6 is 11.6 Å². The van der Waals surface area contributed by atoms with Crippen LogP contribution in [0.15, 0.2) is 47.4 Å². The monoisotopic (exact) mass is 409 g/mol. The summed E-state index contributed by atoms with van der Waals surface area (Å²) in [6.07, 6.45) is 0.313. The molecule has 1 saturated heterocycles. The number of halogens is 2. The smallest absolute Gasteiger partial charge is 0.244 e. The van der Waals surface area contributed by atoms with Crippen molar-refractivity contribution in [2.75, 3.05) is 7.05 Å². The van der Waals surface area contributed by atoms with E-state index in [1.807, 2.05) is 0 Å². The van der Waals surface area contributed by atoms with Crippen molar-refractivity contribution in [3.8, 4) is 5.75 Å². The van der Waals surface area contributed by atoms with Gasteiger partial charge in [0.2, 0.25) is 5.91 Å². The highest BCUT2D eigenvalue weighted by Gasteiger charge is 2.57. The molecule has 2 aromatic carbocycles. The largest absolute Gasteiger partial charge is 0.468 e. The molecule has 2 aliphatic heterocycles. The Morgan fingerprint density at radius 1 is 1.22 bits per heavy atom. The maximum absolute atomic E-state index is 13.3. The third-order valence-electron chi connectivity index (χ3n) is 5.43. The molecule has 2 aromatic rings. The summed E-state index contributed by atoms with van der Waals surface area (Å²) in [5.74, 6) is -1.20. The van der Waals surface area contributed by atoms with Gasteiger partial charge in [0, 0.05) is 30.0 Å². The SMILES string of the molecule is CN1C(=O)[C@@H](S(=O)(=O)c2ccc(F)cc2)[C@H]2C[C@@]1(C)Oc1ccc(Cl)cc12. The van der Waals surface area contributed by atoms with Crippen LogP contribution in [0.25, 0.3) is 0 Å². The van der Waals surface area contributed by atoms with Gasteiger partial charge in [0.05, 0.1) is 4.90 Å². The third kappa shape index (κ3) is 2.72. The number of fused-ring (bicyclic) bond motifs is 4. The van der Waals surface area contributed by atoms with Crippen molar-refractivity contribution >= 4 is 27.3 Å². The molecule has 2 bridgehead atoms. The fraction of sp³-hybridized carbons (Fsp3) is 0.316. The Kier molecular flexibility index (Phi) is 4.01. The Hall–Kier alpha value is -2.12. The molecule has 0 spiro atoms. The highest BCUT2D eigenvalue weighted by molar-refractivity contribution is 7.92. The number of nitrogens with zero attached hydrogens (tertiary/aromatic N) is 1. The molecule has 27 heavy (non-hydrogen) atoms. The minimum Gasteiger partial charge on any atom is -0.468 e. The van der Waals surface area contributed by atoms with Crippen molar-refractivity contribution in [3.63, 3.8) is 0 Å². The molecule has 4 rings (SSSR count). The zero-order valence-electron chi connectivity index (χ0n) is 14.6. The molecule has 0 aliphatic carbocycles. The van der Waals surface area contributed by atoms with Gasteiger partial charge in [0.1, 0.15) is 11.6 Å². The van der Waals surface area contributed by atoms with E-state index < -0.39 is 38.5 Å². The first kappa shape index (κ1) is 18.3. The van der Waals surface area contributed by atoms with Crippen LogP contribution in [-0.2, 0) is 14.6 Å². The number of likely N-dealkylation sites (tertiary alicyclic amines) is 1. The number of amides is 1. The molecule has 0 unspecified atom stereocenters. The Morgan fingerprint density at radius 2 is 1.89 bits per heavy atom. The molecule has 0 saturated carbocycles.